The monoisotopic (exact) mass is 401 g/mol. The molecule has 2 aliphatic rings. The number of nitrogens with one attached hydrogen (secondary N) is 2. The summed E-state index contributed by atoms with van der Waals surface area (Å²) in [5.74, 6) is 0.0272. The van der Waals surface area contributed by atoms with Gasteiger partial charge in [0.15, 0.2) is 0 Å². The van der Waals surface area contributed by atoms with Crippen molar-refractivity contribution in [2.75, 3.05) is 23.7 Å². The van der Waals surface area contributed by atoms with E-state index in [1.165, 1.54) is 9.47 Å². The SMILES string of the molecule is Cn1cc2c(nc1=O)Nc1c(cccc1NCCN1C(=O)c3ccccc3C1=O)C2. The smallest absolute Gasteiger partial charge is 0.349 e. The summed E-state index contributed by atoms with van der Waals surface area (Å²) in [7, 11) is 1.68. The Balaban J connectivity index is 1.32. The van der Waals surface area contributed by atoms with Crippen LogP contribution in [-0.4, -0.2) is 39.4 Å². The molecule has 0 atom stereocenters. The molecule has 0 saturated heterocycles. The number of carbonyl (C=O) groups excluding carboxylic acids is 2. The van der Waals surface area contributed by atoms with Gasteiger partial charge in [-0.3, -0.25) is 14.5 Å². The van der Waals surface area contributed by atoms with Crippen LogP contribution in [0.2, 0.25) is 0 Å². The van der Waals surface area contributed by atoms with E-state index in [4.69, 9.17) is 0 Å². The van der Waals surface area contributed by atoms with Crippen molar-refractivity contribution >= 4 is 29.0 Å². The fourth-order valence-electron chi connectivity index (χ4n) is 3.94. The molecule has 8 nitrogen and oxygen atoms in total. The maximum absolute atomic E-state index is 12.5. The highest BCUT2D eigenvalue weighted by Gasteiger charge is 2.34. The van der Waals surface area contributed by atoms with E-state index in [9.17, 15) is 14.4 Å². The van der Waals surface area contributed by atoms with Crippen LogP contribution < -0.4 is 16.3 Å². The molecule has 1 aromatic heterocycles. The van der Waals surface area contributed by atoms with E-state index in [1.54, 1.807) is 37.5 Å². The molecule has 0 saturated carbocycles. The molecule has 2 N–H and O–H groups in total. The number of nitrogens with zero attached hydrogens (tertiary/aromatic N) is 3. The number of aryl methyl sites for hydroxylation is 1. The zero-order valence-electron chi connectivity index (χ0n) is 16.3. The van der Waals surface area contributed by atoms with Gasteiger partial charge in [-0.05, 0) is 23.8 Å². The first kappa shape index (κ1) is 18.1. The minimum Gasteiger partial charge on any atom is -0.382 e. The third kappa shape index (κ3) is 2.85. The van der Waals surface area contributed by atoms with Crippen LogP contribution >= 0.6 is 0 Å². The second-order valence-electron chi connectivity index (χ2n) is 7.38. The second-order valence-corrected chi connectivity index (χ2v) is 7.38. The normalized spacial score (nSPS) is 14.1. The third-order valence-electron chi connectivity index (χ3n) is 5.47. The lowest BCUT2D eigenvalue weighted by molar-refractivity contribution is 0.0660. The number of amides is 2. The van der Waals surface area contributed by atoms with Crippen molar-refractivity contribution in [2.45, 2.75) is 6.42 Å². The van der Waals surface area contributed by atoms with Crippen molar-refractivity contribution in [2.24, 2.45) is 7.05 Å². The Kier molecular flexibility index (Phi) is 4.13. The van der Waals surface area contributed by atoms with Gasteiger partial charge in [-0.2, -0.15) is 4.98 Å². The van der Waals surface area contributed by atoms with Gasteiger partial charge in [-0.1, -0.05) is 24.3 Å². The molecule has 5 rings (SSSR count). The average molecular weight is 401 g/mol. The number of fused-ring (bicyclic) bond motifs is 3. The molecule has 3 heterocycles. The second kappa shape index (κ2) is 6.84. The molecule has 2 aliphatic heterocycles. The van der Waals surface area contributed by atoms with Gasteiger partial charge in [0.25, 0.3) is 11.8 Å². The van der Waals surface area contributed by atoms with Gasteiger partial charge in [0, 0.05) is 38.3 Å². The Bertz CT molecular complexity index is 1230. The van der Waals surface area contributed by atoms with Gasteiger partial charge in [0.1, 0.15) is 5.82 Å². The van der Waals surface area contributed by atoms with E-state index in [1.807, 2.05) is 18.2 Å². The first-order chi connectivity index (χ1) is 14.5. The van der Waals surface area contributed by atoms with Gasteiger partial charge < -0.3 is 15.2 Å². The van der Waals surface area contributed by atoms with Crippen LogP contribution in [0.1, 0.15) is 31.8 Å². The number of hydrogen-bond acceptors (Lipinski definition) is 6. The lowest BCUT2D eigenvalue weighted by atomic mass is 10.00. The van der Waals surface area contributed by atoms with Crippen molar-refractivity contribution < 1.29 is 9.59 Å². The summed E-state index contributed by atoms with van der Waals surface area (Å²) in [6, 6.07) is 12.8. The molecule has 0 aliphatic carbocycles. The summed E-state index contributed by atoms with van der Waals surface area (Å²) in [5.41, 5.74) is 4.30. The molecule has 0 unspecified atom stereocenters. The number of benzene rings is 2. The number of para-hydroxylation sites is 1. The van der Waals surface area contributed by atoms with Gasteiger partial charge in [-0.25, -0.2) is 4.79 Å². The molecule has 2 amide bonds. The molecule has 8 heteroatoms. The zero-order chi connectivity index (χ0) is 20.8. The van der Waals surface area contributed by atoms with Crippen molar-refractivity contribution in [3.05, 3.63) is 81.4 Å². The van der Waals surface area contributed by atoms with Crippen LogP contribution in [0.5, 0.6) is 0 Å². The van der Waals surface area contributed by atoms with E-state index in [2.05, 4.69) is 15.6 Å². The van der Waals surface area contributed by atoms with E-state index in [0.29, 0.717) is 29.9 Å². The molecular weight excluding hydrogens is 382 g/mol. The number of anilines is 3. The van der Waals surface area contributed by atoms with Crippen LogP contribution in [0.3, 0.4) is 0 Å². The molecular formula is C22H19N5O3. The van der Waals surface area contributed by atoms with Crippen LogP contribution in [0.25, 0.3) is 0 Å². The van der Waals surface area contributed by atoms with Crippen molar-refractivity contribution in [1.29, 1.82) is 0 Å². The Hall–Kier alpha value is -3.94. The number of carbonyl (C=O) groups is 2. The molecule has 0 fully saturated rings. The number of aromatic nitrogens is 2. The molecule has 2 aromatic carbocycles. The summed E-state index contributed by atoms with van der Waals surface area (Å²) in [4.78, 5) is 42.3. The standard InChI is InChI=1S/C22H19N5O3/c1-26-12-14-11-13-5-4-8-17(18(13)24-19(14)25-22(26)30)23-9-10-27-20(28)15-6-2-3-7-16(15)21(27)29/h2-8,12,23H,9-11H2,1H3,(H,24,25,30). The quantitative estimate of drug-likeness (QED) is 0.509. The predicted molar refractivity (Wildman–Crippen MR) is 112 cm³/mol. The minimum absolute atomic E-state index is 0.255. The first-order valence-electron chi connectivity index (χ1n) is 9.67. The number of rotatable bonds is 4. The maximum atomic E-state index is 12.5. The lowest BCUT2D eigenvalue weighted by Gasteiger charge is -2.24. The highest BCUT2D eigenvalue weighted by atomic mass is 16.2. The lowest BCUT2D eigenvalue weighted by Crippen LogP contribution is -2.34. The largest absolute Gasteiger partial charge is 0.382 e. The van der Waals surface area contributed by atoms with Gasteiger partial charge in [0.2, 0.25) is 0 Å². The van der Waals surface area contributed by atoms with E-state index < -0.39 is 0 Å². The van der Waals surface area contributed by atoms with Gasteiger partial charge >= 0.3 is 5.69 Å². The van der Waals surface area contributed by atoms with Crippen LogP contribution in [-0.2, 0) is 13.5 Å². The Morgan fingerprint density at radius 3 is 2.47 bits per heavy atom. The maximum Gasteiger partial charge on any atom is 0.349 e. The Labute approximate surface area is 172 Å². The zero-order valence-corrected chi connectivity index (χ0v) is 16.3. The highest BCUT2D eigenvalue weighted by Crippen LogP contribution is 2.36. The fraction of sp³-hybridized carbons (Fsp3) is 0.182. The van der Waals surface area contributed by atoms with Crippen LogP contribution in [0.15, 0.2) is 53.5 Å². The van der Waals surface area contributed by atoms with Crippen LogP contribution in [0, 0.1) is 0 Å². The fourth-order valence-corrected chi connectivity index (χ4v) is 3.94. The van der Waals surface area contributed by atoms with Crippen molar-refractivity contribution in [1.82, 2.24) is 14.5 Å². The Morgan fingerprint density at radius 1 is 1.00 bits per heavy atom. The van der Waals surface area contributed by atoms with E-state index in [-0.39, 0.29) is 24.0 Å². The third-order valence-corrected chi connectivity index (χ3v) is 5.47. The summed E-state index contributed by atoms with van der Waals surface area (Å²) in [6.45, 7) is 0.659. The molecule has 0 radical (unpaired) electrons. The van der Waals surface area contributed by atoms with Gasteiger partial charge in [-0.15, -0.1) is 0 Å². The molecule has 0 bridgehead atoms. The number of imide groups is 1. The summed E-state index contributed by atoms with van der Waals surface area (Å²) < 4.78 is 1.47. The highest BCUT2D eigenvalue weighted by molar-refractivity contribution is 6.21. The molecule has 3 aromatic rings. The first-order valence-corrected chi connectivity index (χ1v) is 9.67. The number of hydrogen-bond donors (Lipinski definition) is 2. The molecule has 30 heavy (non-hydrogen) atoms. The topological polar surface area (TPSA) is 96.3 Å². The van der Waals surface area contributed by atoms with Crippen LogP contribution in [0.4, 0.5) is 17.2 Å². The van der Waals surface area contributed by atoms with Crippen molar-refractivity contribution in [3.8, 4) is 0 Å². The van der Waals surface area contributed by atoms with Gasteiger partial charge in [0.05, 0.1) is 22.5 Å². The summed E-state index contributed by atoms with van der Waals surface area (Å²) in [6.07, 6.45) is 2.45. The molecule has 150 valence electrons. The summed E-state index contributed by atoms with van der Waals surface area (Å²) >= 11 is 0. The Morgan fingerprint density at radius 2 is 1.73 bits per heavy atom. The molecule has 0 spiro atoms. The average Bonchev–Trinajstić information content (AvgIpc) is 2.99. The van der Waals surface area contributed by atoms with E-state index in [0.717, 1.165) is 22.5 Å². The minimum atomic E-state index is -0.319. The summed E-state index contributed by atoms with van der Waals surface area (Å²) in [5, 5.41) is 6.56. The van der Waals surface area contributed by atoms with Crippen molar-refractivity contribution in [3.63, 3.8) is 0 Å². The predicted octanol–water partition coefficient (Wildman–Crippen LogP) is 2.14. The van der Waals surface area contributed by atoms with E-state index >= 15 is 0 Å².